The summed E-state index contributed by atoms with van der Waals surface area (Å²) in [5.74, 6) is 0.602. The molecule has 1 saturated heterocycles. The van der Waals surface area contributed by atoms with Gasteiger partial charge in [-0.2, -0.15) is 0 Å². The number of carbonyl (C=O) groups excluding carboxylic acids is 1. The highest BCUT2D eigenvalue weighted by molar-refractivity contribution is 5.92. The number of amides is 1. The van der Waals surface area contributed by atoms with Crippen molar-refractivity contribution < 1.29 is 4.79 Å². The molecule has 6 heteroatoms. The molecule has 1 aromatic carbocycles. The zero-order valence-corrected chi connectivity index (χ0v) is 17.5. The Morgan fingerprint density at radius 1 is 1.00 bits per heavy atom. The van der Waals surface area contributed by atoms with Gasteiger partial charge in [-0.25, -0.2) is 9.97 Å². The van der Waals surface area contributed by atoms with Crippen LogP contribution in [0.25, 0.3) is 0 Å². The highest BCUT2D eigenvalue weighted by Crippen LogP contribution is 2.21. The molecule has 4 rings (SSSR count). The lowest BCUT2D eigenvalue weighted by Crippen LogP contribution is -2.49. The van der Waals surface area contributed by atoms with Crippen LogP contribution in [0, 0.1) is 13.8 Å². The number of piperazine rings is 1. The molecule has 2 heterocycles. The molecule has 1 aliphatic heterocycles. The number of hydrogen-bond donors (Lipinski definition) is 1. The van der Waals surface area contributed by atoms with E-state index in [1.54, 1.807) is 6.07 Å². The Hall–Kier alpha value is -2.63. The quantitative estimate of drug-likeness (QED) is 0.856. The summed E-state index contributed by atoms with van der Waals surface area (Å²) in [6, 6.07) is 10.8. The fourth-order valence-corrected chi connectivity index (χ4v) is 4.33. The molecular weight excluding hydrogens is 362 g/mol. The van der Waals surface area contributed by atoms with Crippen LogP contribution in [0.2, 0.25) is 0 Å². The maximum atomic E-state index is 13.1. The minimum Gasteiger partial charge on any atom is -0.368 e. The molecule has 0 bridgehead atoms. The van der Waals surface area contributed by atoms with Crippen molar-refractivity contribution in [1.82, 2.24) is 14.9 Å². The number of aromatic nitrogens is 2. The van der Waals surface area contributed by atoms with Gasteiger partial charge in [-0.3, -0.25) is 4.79 Å². The second kappa shape index (κ2) is 8.80. The fourth-order valence-electron chi connectivity index (χ4n) is 4.33. The lowest BCUT2D eigenvalue weighted by Gasteiger charge is -2.36. The van der Waals surface area contributed by atoms with Crippen LogP contribution in [-0.4, -0.2) is 53.0 Å². The number of carbonyl (C=O) groups is 1. The summed E-state index contributed by atoms with van der Waals surface area (Å²) in [6.45, 7) is 7.14. The predicted octanol–water partition coefficient (Wildman–Crippen LogP) is 3.80. The molecule has 1 amide bonds. The number of aryl methyl sites for hydroxylation is 2. The van der Waals surface area contributed by atoms with Crippen molar-refractivity contribution in [2.75, 3.05) is 36.4 Å². The van der Waals surface area contributed by atoms with Crippen molar-refractivity contribution in [3.05, 3.63) is 47.3 Å². The molecule has 1 aromatic heterocycles. The molecule has 1 N–H and O–H groups in total. The van der Waals surface area contributed by atoms with Crippen LogP contribution in [0.3, 0.4) is 0 Å². The summed E-state index contributed by atoms with van der Waals surface area (Å²) < 4.78 is 0. The molecule has 0 spiro atoms. The van der Waals surface area contributed by atoms with Crippen LogP contribution in [0.15, 0.2) is 30.3 Å². The third-order valence-electron chi connectivity index (χ3n) is 5.95. The Morgan fingerprint density at radius 2 is 1.76 bits per heavy atom. The first-order chi connectivity index (χ1) is 14.1. The molecule has 1 aliphatic carbocycles. The summed E-state index contributed by atoms with van der Waals surface area (Å²) in [7, 11) is 0. The average Bonchev–Trinajstić information content (AvgIpc) is 2.74. The summed E-state index contributed by atoms with van der Waals surface area (Å²) in [5.41, 5.74) is 3.82. The summed E-state index contributed by atoms with van der Waals surface area (Å²) in [6.07, 6.45) is 6.12. The van der Waals surface area contributed by atoms with E-state index in [-0.39, 0.29) is 5.91 Å². The highest BCUT2D eigenvalue weighted by Gasteiger charge is 2.24. The molecule has 6 nitrogen and oxygen atoms in total. The average molecular weight is 394 g/mol. The van der Waals surface area contributed by atoms with Crippen molar-refractivity contribution in [3.8, 4) is 0 Å². The van der Waals surface area contributed by atoms with Crippen molar-refractivity contribution in [2.24, 2.45) is 0 Å². The Morgan fingerprint density at radius 3 is 2.48 bits per heavy atom. The molecule has 2 aliphatic rings. The van der Waals surface area contributed by atoms with E-state index in [0.717, 1.165) is 31.6 Å². The molecule has 2 fully saturated rings. The fraction of sp³-hybridized carbons (Fsp3) is 0.522. The van der Waals surface area contributed by atoms with Gasteiger partial charge in [0.1, 0.15) is 5.69 Å². The Bertz CT molecular complexity index is 854. The molecule has 1 saturated carbocycles. The van der Waals surface area contributed by atoms with E-state index in [9.17, 15) is 4.79 Å². The van der Waals surface area contributed by atoms with Crippen LogP contribution >= 0.6 is 0 Å². The minimum absolute atomic E-state index is 0.00564. The van der Waals surface area contributed by atoms with Gasteiger partial charge in [0.05, 0.1) is 0 Å². The lowest BCUT2D eigenvalue weighted by atomic mass is 9.96. The molecule has 0 unspecified atom stereocenters. The number of nitrogens with zero attached hydrogens (tertiary/aromatic N) is 4. The number of rotatable bonds is 4. The van der Waals surface area contributed by atoms with Gasteiger partial charge in [0, 0.05) is 43.6 Å². The predicted molar refractivity (Wildman–Crippen MR) is 117 cm³/mol. The van der Waals surface area contributed by atoms with Gasteiger partial charge in [-0.05, 0) is 50.5 Å². The van der Waals surface area contributed by atoms with E-state index in [1.165, 1.54) is 30.5 Å². The van der Waals surface area contributed by atoms with Gasteiger partial charge in [0.25, 0.3) is 5.91 Å². The van der Waals surface area contributed by atoms with Crippen molar-refractivity contribution in [2.45, 2.75) is 52.0 Å². The smallest absolute Gasteiger partial charge is 0.272 e. The molecule has 0 radical (unpaired) electrons. The third-order valence-corrected chi connectivity index (χ3v) is 5.95. The maximum absolute atomic E-state index is 13.1. The minimum atomic E-state index is 0.00564. The molecule has 2 aromatic rings. The standard InChI is InChI=1S/C23H31N5O/c1-17-7-6-10-20(15-17)27-11-13-28(14-12-27)22(29)21-16-18(2)24-23(26-21)25-19-8-4-3-5-9-19/h6-7,10,15-16,19H,3-5,8-9,11-14H2,1-2H3,(H,24,25,26). The number of hydrogen-bond acceptors (Lipinski definition) is 5. The van der Waals surface area contributed by atoms with E-state index >= 15 is 0 Å². The Balaban J connectivity index is 1.40. The number of nitrogens with one attached hydrogen (secondary N) is 1. The zero-order valence-electron chi connectivity index (χ0n) is 17.5. The van der Waals surface area contributed by atoms with Crippen LogP contribution in [0.4, 0.5) is 11.6 Å². The Kier molecular flexibility index (Phi) is 5.97. The van der Waals surface area contributed by atoms with Gasteiger partial charge < -0.3 is 15.1 Å². The first-order valence-electron chi connectivity index (χ1n) is 10.8. The van der Waals surface area contributed by atoms with Gasteiger partial charge in [0.2, 0.25) is 5.95 Å². The maximum Gasteiger partial charge on any atom is 0.272 e. The third kappa shape index (κ3) is 4.86. The van der Waals surface area contributed by atoms with Gasteiger partial charge in [0.15, 0.2) is 0 Å². The van der Waals surface area contributed by atoms with E-state index in [0.29, 0.717) is 30.8 Å². The molecule has 0 atom stereocenters. The zero-order chi connectivity index (χ0) is 20.2. The van der Waals surface area contributed by atoms with Gasteiger partial charge >= 0.3 is 0 Å². The van der Waals surface area contributed by atoms with Crippen molar-refractivity contribution in [1.29, 1.82) is 0 Å². The normalized spacial score (nSPS) is 18.0. The monoisotopic (exact) mass is 393 g/mol. The van der Waals surface area contributed by atoms with Crippen LogP contribution in [0.1, 0.15) is 53.8 Å². The summed E-state index contributed by atoms with van der Waals surface area (Å²) in [4.78, 5) is 26.4. The Labute approximate surface area is 173 Å². The first kappa shape index (κ1) is 19.7. The van der Waals surface area contributed by atoms with E-state index in [1.807, 2.05) is 11.8 Å². The summed E-state index contributed by atoms with van der Waals surface area (Å²) in [5, 5.41) is 3.45. The molecule has 29 heavy (non-hydrogen) atoms. The van der Waals surface area contributed by atoms with Gasteiger partial charge in [-0.15, -0.1) is 0 Å². The number of benzene rings is 1. The molecule has 154 valence electrons. The lowest BCUT2D eigenvalue weighted by molar-refractivity contribution is 0.0740. The van der Waals surface area contributed by atoms with Crippen molar-refractivity contribution >= 4 is 17.5 Å². The topological polar surface area (TPSA) is 61.4 Å². The SMILES string of the molecule is Cc1cccc(N2CCN(C(=O)c3cc(C)nc(NC4CCCCC4)n3)CC2)c1. The van der Waals surface area contributed by atoms with E-state index in [2.05, 4.69) is 51.4 Å². The van der Waals surface area contributed by atoms with Crippen molar-refractivity contribution in [3.63, 3.8) is 0 Å². The van der Waals surface area contributed by atoms with Gasteiger partial charge in [-0.1, -0.05) is 31.4 Å². The molecular formula is C23H31N5O. The second-order valence-corrected chi connectivity index (χ2v) is 8.32. The second-order valence-electron chi connectivity index (χ2n) is 8.32. The highest BCUT2D eigenvalue weighted by atomic mass is 16.2. The largest absolute Gasteiger partial charge is 0.368 e. The first-order valence-corrected chi connectivity index (χ1v) is 10.8. The van der Waals surface area contributed by atoms with E-state index in [4.69, 9.17) is 0 Å². The van der Waals surface area contributed by atoms with Crippen LogP contribution < -0.4 is 10.2 Å². The number of anilines is 2. The van der Waals surface area contributed by atoms with Crippen LogP contribution in [0.5, 0.6) is 0 Å². The summed E-state index contributed by atoms with van der Waals surface area (Å²) >= 11 is 0. The van der Waals surface area contributed by atoms with Crippen LogP contribution in [-0.2, 0) is 0 Å². The van der Waals surface area contributed by atoms with E-state index < -0.39 is 0 Å².